The summed E-state index contributed by atoms with van der Waals surface area (Å²) in [6, 6.07) is 0.166. The Bertz CT molecular complexity index is 313. The van der Waals surface area contributed by atoms with Gasteiger partial charge in [0.05, 0.1) is 0 Å². The van der Waals surface area contributed by atoms with E-state index in [1.165, 1.54) is 0 Å². The second kappa shape index (κ2) is 3.35. The van der Waals surface area contributed by atoms with Crippen molar-refractivity contribution in [1.29, 1.82) is 0 Å². The van der Waals surface area contributed by atoms with Gasteiger partial charge >= 0.3 is 0 Å². The third kappa shape index (κ3) is 1.54. The molecule has 0 bridgehead atoms. The van der Waals surface area contributed by atoms with Crippen LogP contribution in [0, 0.1) is 0 Å². The predicted octanol–water partition coefficient (Wildman–Crippen LogP) is 1.49. The molecular formula is C10H16FN3. The first-order valence-electron chi connectivity index (χ1n) is 5.04. The zero-order chi connectivity index (χ0) is 10.2. The Morgan fingerprint density at radius 3 is 2.71 bits per heavy atom. The minimum Gasteiger partial charge on any atom is -0.335 e. The van der Waals surface area contributed by atoms with E-state index in [0.717, 1.165) is 12.8 Å². The van der Waals surface area contributed by atoms with E-state index < -0.39 is 5.67 Å². The molecule has 0 atom stereocenters. The molecule has 0 saturated heterocycles. The third-order valence-electron chi connectivity index (χ3n) is 3.04. The molecule has 3 nitrogen and oxygen atoms in total. The maximum Gasteiger partial charge on any atom is 0.168 e. The van der Waals surface area contributed by atoms with Crippen molar-refractivity contribution in [2.45, 2.75) is 37.4 Å². The highest BCUT2D eigenvalue weighted by atomic mass is 19.1. The molecule has 1 saturated carbocycles. The zero-order valence-corrected chi connectivity index (χ0v) is 8.41. The minimum atomic E-state index is -1.26. The monoisotopic (exact) mass is 197 g/mol. The Balaban J connectivity index is 2.21. The largest absolute Gasteiger partial charge is 0.335 e. The van der Waals surface area contributed by atoms with Crippen LogP contribution in [0.2, 0.25) is 0 Å². The number of nitrogens with two attached hydrogens (primary N) is 1. The number of rotatable bonds is 1. The van der Waals surface area contributed by atoms with E-state index in [2.05, 4.69) is 4.98 Å². The van der Waals surface area contributed by atoms with Crippen LogP contribution >= 0.6 is 0 Å². The first-order chi connectivity index (χ1) is 6.62. The molecule has 1 aromatic heterocycles. The fraction of sp³-hybridized carbons (Fsp3) is 0.700. The molecular weight excluding hydrogens is 181 g/mol. The maximum atomic E-state index is 14.4. The highest BCUT2D eigenvalue weighted by Gasteiger charge is 2.39. The summed E-state index contributed by atoms with van der Waals surface area (Å²) in [5.74, 6) is 0.546. The molecule has 1 aliphatic rings. The van der Waals surface area contributed by atoms with Gasteiger partial charge in [-0.25, -0.2) is 9.37 Å². The second-order valence-electron chi connectivity index (χ2n) is 4.16. The molecule has 1 heterocycles. The molecule has 4 heteroatoms. The summed E-state index contributed by atoms with van der Waals surface area (Å²) in [6.45, 7) is 0. The van der Waals surface area contributed by atoms with Crippen LogP contribution in [0.5, 0.6) is 0 Å². The van der Waals surface area contributed by atoms with Gasteiger partial charge in [-0.2, -0.15) is 0 Å². The van der Waals surface area contributed by atoms with Gasteiger partial charge in [0.1, 0.15) is 5.82 Å². The molecule has 1 aliphatic carbocycles. The molecule has 0 aliphatic heterocycles. The van der Waals surface area contributed by atoms with Crippen molar-refractivity contribution in [1.82, 2.24) is 9.55 Å². The van der Waals surface area contributed by atoms with E-state index in [9.17, 15) is 4.39 Å². The van der Waals surface area contributed by atoms with Crippen molar-refractivity contribution >= 4 is 0 Å². The molecule has 0 amide bonds. The highest BCUT2D eigenvalue weighted by Crippen LogP contribution is 2.39. The number of aryl methyl sites for hydroxylation is 1. The second-order valence-corrected chi connectivity index (χ2v) is 4.16. The van der Waals surface area contributed by atoms with Crippen LogP contribution < -0.4 is 5.73 Å². The number of nitrogens with zero attached hydrogens (tertiary/aromatic N) is 2. The molecule has 1 fully saturated rings. The van der Waals surface area contributed by atoms with Gasteiger partial charge in [0.25, 0.3) is 0 Å². The van der Waals surface area contributed by atoms with Gasteiger partial charge in [0.15, 0.2) is 5.67 Å². The summed E-state index contributed by atoms with van der Waals surface area (Å²) < 4.78 is 16.2. The van der Waals surface area contributed by atoms with Gasteiger partial charge < -0.3 is 10.3 Å². The molecule has 0 aromatic carbocycles. The Kier molecular flexibility index (Phi) is 2.31. The van der Waals surface area contributed by atoms with Crippen LogP contribution in [0.15, 0.2) is 12.4 Å². The number of imidazole rings is 1. The van der Waals surface area contributed by atoms with E-state index >= 15 is 0 Å². The van der Waals surface area contributed by atoms with E-state index in [1.54, 1.807) is 17.0 Å². The highest BCUT2D eigenvalue weighted by molar-refractivity contribution is 5.06. The van der Waals surface area contributed by atoms with E-state index in [4.69, 9.17) is 5.73 Å². The van der Waals surface area contributed by atoms with Crippen LogP contribution in [0.3, 0.4) is 0 Å². The Labute approximate surface area is 83.1 Å². The molecule has 2 N–H and O–H groups in total. The summed E-state index contributed by atoms with van der Waals surface area (Å²) >= 11 is 0. The molecule has 1 aromatic rings. The summed E-state index contributed by atoms with van der Waals surface area (Å²) in [5.41, 5.74) is 4.50. The van der Waals surface area contributed by atoms with Gasteiger partial charge in [-0.1, -0.05) is 0 Å². The molecule has 0 spiro atoms. The van der Waals surface area contributed by atoms with Gasteiger partial charge in [-0.15, -0.1) is 0 Å². The van der Waals surface area contributed by atoms with E-state index in [0.29, 0.717) is 18.7 Å². The lowest BCUT2D eigenvalue weighted by Gasteiger charge is -2.31. The lowest BCUT2D eigenvalue weighted by molar-refractivity contribution is 0.0845. The van der Waals surface area contributed by atoms with Crippen LogP contribution in [0.1, 0.15) is 31.5 Å². The average molecular weight is 197 g/mol. The molecule has 2 rings (SSSR count). The van der Waals surface area contributed by atoms with Crippen molar-refractivity contribution < 1.29 is 4.39 Å². The minimum absolute atomic E-state index is 0.166. The molecule has 0 unspecified atom stereocenters. The Hall–Kier alpha value is -0.900. The summed E-state index contributed by atoms with van der Waals surface area (Å²) in [4.78, 5) is 4.08. The van der Waals surface area contributed by atoms with Crippen molar-refractivity contribution in [3.8, 4) is 0 Å². The molecule has 14 heavy (non-hydrogen) atoms. The van der Waals surface area contributed by atoms with Gasteiger partial charge in [0.2, 0.25) is 0 Å². The zero-order valence-electron chi connectivity index (χ0n) is 8.41. The number of alkyl halides is 1. The average Bonchev–Trinajstić information content (AvgIpc) is 2.58. The quantitative estimate of drug-likeness (QED) is 0.741. The van der Waals surface area contributed by atoms with Crippen LogP contribution in [0.25, 0.3) is 0 Å². The van der Waals surface area contributed by atoms with Crippen molar-refractivity contribution in [3.63, 3.8) is 0 Å². The lowest BCUT2D eigenvalue weighted by atomic mass is 9.83. The normalized spacial score (nSPS) is 33.2. The van der Waals surface area contributed by atoms with Crippen molar-refractivity contribution in [2.75, 3.05) is 0 Å². The van der Waals surface area contributed by atoms with Gasteiger partial charge in [-0.05, 0) is 25.7 Å². The summed E-state index contributed by atoms with van der Waals surface area (Å²) in [5, 5.41) is 0. The topological polar surface area (TPSA) is 43.8 Å². The number of halogens is 1. The first kappa shape index (κ1) is 9.65. The first-order valence-corrected chi connectivity index (χ1v) is 5.04. The number of hydrogen-bond donors (Lipinski definition) is 1. The van der Waals surface area contributed by atoms with Crippen LogP contribution in [0.4, 0.5) is 4.39 Å². The fourth-order valence-electron chi connectivity index (χ4n) is 2.12. The van der Waals surface area contributed by atoms with Crippen LogP contribution in [-0.4, -0.2) is 15.6 Å². The smallest absolute Gasteiger partial charge is 0.168 e. The SMILES string of the molecule is Cn1ccnc1C1(F)CCC(N)CC1. The molecule has 0 radical (unpaired) electrons. The Morgan fingerprint density at radius 1 is 1.57 bits per heavy atom. The maximum absolute atomic E-state index is 14.4. The van der Waals surface area contributed by atoms with E-state index in [-0.39, 0.29) is 6.04 Å². The van der Waals surface area contributed by atoms with Gasteiger partial charge in [0, 0.05) is 25.5 Å². The summed E-state index contributed by atoms with van der Waals surface area (Å²) in [6.07, 6.45) is 5.93. The fourth-order valence-corrected chi connectivity index (χ4v) is 2.12. The standard InChI is InChI=1S/C10H16FN3/c1-14-7-6-13-9(14)10(11)4-2-8(12)3-5-10/h6-8H,2-5,12H2,1H3. The van der Waals surface area contributed by atoms with Crippen molar-refractivity contribution in [3.05, 3.63) is 18.2 Å². The van der Waals surface area contributed by atoms with Crippen molar-refractivity contribution in [2.24, 2.45) is 12.8 Å². The number of aromatic nitrogens is 2. The van der Waals surface area contributed by atoms with E-state index in [1.807, 2.05) is 7.05 Å². The lowest BCUT2D eigenvalue weighted by Crippen LogP contribution is -2.35. The molecule has 78 valence electrons. The summed E-state index contributed by atoms with van der Waals surface area (Å²) in [7, 11) is 1.83. The number of hydrogen-bond acceptors (Lipinski definition) is 2. The van der Waals surface area contributed by atoms with Crippen LogP contribution in [-0.2, 0) is 12.7 Å². The Morgan fingerprint density at radius 2 is 2.21 bits per heavy atom. The third-order valence-corrected chi connectivity index (χ3v) is 3.04. The van der Waals surface area contributed by atoms with Gasteiger partial charge in [-0.3, -0.25) is 0 Å². The predicted molar refractivity (Wildman–Crippen MR) is 52.4 cm³/mol.